The van der Waals surface area contributed by atoms with Gasteiger partial charge in [0.1, 0.15) is 11.5 Å². The largest absolute Gasteiger partial charge is 0.508 e. The number of nitro groups is 1. The number of carbonyl (C=O) groups excluding carboxylic acids is 1. The molecule has 7 nitrogen and oxygen atoms in total. The number of cyclic esters (lactones) is 1. The van der Waals surface area contributed by atoms with E-state index in [-0.39, 0.29) is 28.3 Å². The van der Waals surface area contributed by atoms with Crippen molar-refractivity contribution in [1.29, 1.82) is 0 Å². The summed E-state index contributed by atoms with van der Waals surface area (Å²) in [4.78, 5) is 23.8. The first-order valence-electron chi connectivity index (χ1n) is 9.01. The van der Waals surface area contributed by atoms with Gasteiger partial charge in [-0.25, -0.2) is 4.79 Å². The molecular weight excluding hydrogens is 374 g/mol. The van der Waals surface area contributed by atoms with E-state index >= 15 is 0 Å². The number of aryl methyl sites for hydroxylation is 1. The lowest BCUT2D eigenvalue weighted by Gasteiger charge is -2.30. The fourth-order valence-electron chi connectivity index (χ4n) is 3.84. The van der Waals surface area contributed by atoms with Crippen molar-refractivity contribution in [3.63, 3.8) is 0 Å². The zero-order chi connectivity index (χ0) is 20.8. The molecule has 0 amide bonds. The third kappa shape index (κ3) is 2.70. The molecule has 0 bridgehead atoms. The van der Waals surface area contributed by atoms with Gasteiger partial charge in [0.15, 0.2) is 5.60 Å². The number of nitro benzene ring substituents is 1. The summed E-state index contributed by atoms with van der Waals surface area (Å²) in [7, 11) is 0. The van der Waals surface area contributed by atoms with Gasteiger partial charge in [-0.2, -0.15) is 0 Å². The first kappa shape index (κ1) is 18.5. The van der Waals surface area contributed by atoms with Gasteiger partial charge in [-0.15, -0.1) is 0 Å². The summed E-state index contributed by atoms with van der Waals surface area (Å²) in [5, 5.41) is 32.2. The number of phenols is 2. The Morgan fingerprint density at radius 3 is 2.52 bits per heavy atom. The lowest BCUT2D eigenvalue weighted by atomic mass is 9.79. The minimum absolute atomic E-state index is 0.107. The smallest absolute Gasteiger partial charge is 0.340 e. The van der Waals surface area contributed by atoms with E-state index in [1.807, 2.05) is 6.92 Å². The first-order chi connectivity index (χ1) is 13.9. The number of hydrogen-bond acceptors (Lipinski definition) is 6. The molecular formula is C22H17NO6. The van der Waals surface area contributed by atoms with Crippen molar-refractivity contribution in [3.8, 4) is 11.5 Å². The molecule has 1 heterocycles. The number of benzene rings is 3. The average Bonchev–Trinajstić information content (AvgIpc) is 3.03. The van der Waals surface area contributed by atoms with E-state index in [4.69, 9.17) is 4.74 Å². The Bertz CT molecular complexity index is 1160. The van der Waals surface area contributed by atoms with E-state index < -0.39 is 16.5 Å². The Labute approximate surface area is 166 Å². The molecule has 0 radical (unpaired) electrons. The van der Waals surface area contributed by atoms with E-state index in [1.54, 1.807) is 36.4 Å². The van der Waals surface area contributed by atoms with Gasteiger partial charge in [0, 0.05) is 22.8 Å². The van der Waals surface area contributed by atoms with E-state index in [9.17, 15) is 25.1 Å². The topological polar surface area (TPSA) is 110 Å². The number of ether oxygens (including phenoxy) is 1. The second-order valence-electron chi connectivity index (χ2n) is 6.77. The normalized spacial score (nSPS) is 17.6. The van der Waals surface area contributed by atoms with Crippen LogP contribution in [0.15, 0.2) is 60.7 Å². The van der Waals surface area contributed by atoms with Crippen molar-refractivity contribution in [2.45, 2.75) is 18.9 Å². The number of phenolic OH excluding ortho intramolecular Hbond substituents is 2. The highest BCUT2D eigenvalue weighted by atomic mass is 16.6. The monoisotopic (exact) mass is 391 g/mol. The quantitative estimate of drug-likeness (QED) is 0.301. The highest BCUT2D eigenvalue weighted by molar-refractivity contribution is 5.96. The average molecular weight is 391 g/mol. The third-order valence-electron chi connectivity index (χ3n) is 5.20. The van der Waals surface area contributed by atoms with Crippen LogP contribution in [0, 0.1) is 10.1 Å². The molecule has 146 valence electrons. The maximum Gasteiger partial charge on any atom is 0.340 e. The number of nitrogens with zero attached hydrogens (tertiary/aromatic N) is 1. The number of carbonyl (C=O) groups is 1. The zero-order valence-corrected chi connectivity index (χ0v) is 15.5. The fourth-order valence-corrected chi connectivity index (χ4v) is 3.84. The Hall–Kier alpha value is -3.87. The van der Waals surface area contributed by atoms with Crippen LogP contribution in [-0.2, 0) is 16.8 Å². The Balaban J connectivity index is 2.10. The van der Waals surface area contributed by atoms with Gasteiger partial charge in [-0.05, 0) is 30.7 Å². The molecule has 1 unspecified atom stereocenters. The molecule has 3 aromatic rings. The van der Waals surface area contributed by atoms with E-state index in [0.29, 0.717) is 23.1 Å². The summed E-state index contributed by atoms with van der Waals surface area (Å²) in [6.07, 6.45) is 0.456. The van der Waals surface area contributed by atoms with Crippen LogP contribution in [0.3, 0.4) is 0 Å². The van der Waals surface area contributed by atoms with Gasteiger partial charge in [-0.3, -0.25) is 10.1 Å². The maximum absolute atomic E-state index is 12.7. The number of aromatic hydroxyl groups is 2. The predicted octanol–water partition coefficient (Wildman–Crippen LogP) is 4.03. The minimum atomic E-state index is -1.63. The molecule has 0 spiro atoms. The highest BCUT2D eigenvalue weighted by Crippen LogP contribution is 2.50. The summed E-state index contributed by atoms with van der Waals surface area (Å²) in [5.41, 5.74) is -0.0546. The zero-order valence-electron chi connectivity index (χ0n) is 15.5. The Morgan fingerprint density at radius 1 is 1.03 bits per heavy atom. The molecule has 29 heavy (non-hydrogen) atoms. The summed E-state index contributed by atoms with van der Waals surface area (Å²) in [6, 6.07) is 15.2. The van der Waals surface area contributed by atoms with Crippen molar-refractivity contribution in [2.75, 3.05) is 0 Å². The number of hydrogen-bond donors (Lipinski definition) is 2. The van der Waals surface area contributed by atoms with Crippen LogP contribution in [-0.4, -0.2) is 21.1 Å². The lowest BCUT2D eigenvalue weighted by Crippen LogP contribution is -2.29. The third-order valence-corrected chi connectivity index (χ3v) is 5.20. The standard InChI is InChI=1S/C22H17NO6/c1-2-13-7-8-14(11-19(13)23(27)28)22(18-12-15(24)9-10-20(18)25)17-6-4-3-5-16(17)21(26)29-22/h3-12,24-25H,2H2,1H3. The molecule has 1 atom stereocenters. The second kappa shape index (κ2) is 6.63. The van der Waals surface area contributed by atoms with E-state index in [2.05, 4.69) is 0 Å². The molecule has 0 aromatic heterocycles. The summed E-state index contributed by atoms with van der Waals surface area (Å²) < 4.78 is 5.80. The van der Waals surface area contributed by atoms with E-state index in [0.717, 1.165) is 0 Å². The van der Waals surface area contributed by atoms with Crippen LogP contribution < -0.4 is 0 Å². The first-order valence-corrected chi connectivity index (χ1v) is 9.01. The van der Waals surface area contributed by atoms with E-state index in [1.165, 1.54) is 24.3 Å². The van der Waals surface area contributed by atoms with Crippen molar-refractivity contribution >= 4 is 11.7 Å². The van der Waals surface area contributed by atoms with Crippen molar-refractivity contribution in [2.24, 2.45) is 0 Å². The maximum atomic E-state index is 12.7. The number of fused-ring (bicyclic) bond motifs is 1. The molecule has 2 N–H and O–H groups in total. The molecule has 3 aromatic carbocycles. The highest BCUT2D eigenvalue weighted by Gasteiger charge is 2.50. The predicted molar refractivity (Wildman–Crippen MR) is 104 cm³/mol. The van der Waals surface area contributed by atoms with Crippen LogP contribution in [0.2, 0.25) is 0 Å². The molecule has 1 aliphatic rings. The number of rotatable bonds is 4. The van der Waals surface area contributed by atoms with Gasteiger partial charge in [0.05, 0.1) is 16.1 Å². The molecule has 0 saturated heterocycles. The lowest BCUT2D eigenvalue weighted by molar-refractivity contribution is -0.385. The summed E-state index contributed by atoms with van der Waals surface area (Å²) in [5.74, 6) is -0.975. The number of esters is 1. The molecule has 7 heteroatoms. The molecule has 0 saturated carbocycles. The van der Waals surface area contributed by atoms with Gasteiger partial charge in [0.25, 0.3) is 5.69 Å². The summed E-state index contributed by atoms with van der Waals surface area (Å²) in [6.45, 7) is 1.81. The van der Waals surface area contributed by atoms with Crippen LogP contribution >= 0.6 is 0 Å². The molecule has 0 aliphatic carbocycles. The van der Waals surface area contributed by atoms with Gasteiger partial charge in [-0.1, -0.05) is 37.3 Å². The van der Waals surface area contributed by atoms with Crippen molar-refractivity contribution in [1.82, 2.24) is 0 Å². The fraction of sp³-hybridized carbons (Fsp3) is 0.136. The van der Waals surface area contributed by atoms with Gasteiger partial charge >= 0.3 is 5.97 Å². The van der Waals surface area contributed by atoms with Crippen molar-refractivity contribution in [3.05, 3.63) is 98.6 Å². The van der Waals surface area contributed by atoms with Crippen LogP contribution in [0.5, 0.6) is 11.5 Å². The Kier molecular flexibility index (Phi) is 4.23. The summed E-state index contributed by atoms with van der Waals surface area (Å²) >= 11 is 0. The Morgan fingerprint density at radius 2 is 1.79 bits per heavy atom. The molecule has 4 rings (SSSR count). The van der Waals surface area contributed by atoms with Crippen molar-refractivity contribution < 1.29 is 24.7 Å². The molecule has 1 aliphatic heterocycles. The SMILES string of the molecule is CCc1ccc(C2(c3cc(O)ccc3O)OC(=O)c3ccccc32)cc1[N+](=O)[O-]. The van der Waals surface area contributed by atoms with Gasteiger partial charge in [0.2, 0.25) is 0 Å². The van der Waals surface area contributed by atoms with Crippen LogP contribution in [0.1, 0.15) is 39.5 Å². The minimum Gasteiger partial charge on any atom is -0.508 e. The van der Waals surface area contributed by atoms with Gasteiger partial charge < -0.3 is 14.9 Å². The second-order valence-corrected chi connectivity index (χ2v) is 6.77. The van der Waals surface area contributed by atoms with Crippen LogP contribution in [0.25, 0.3) is 0 Å². The van der Waals surface area contributed by atoms with Crippen LogP contribution in [0.4, 0.5) is 5.69 Å². The molecule has 0 fully saturated rings.